The summed E-state index contributed by atoms with van der Waals surface area (Å²) in [5, 5.41) is 3.97. The molecule has 1 fully saturated rings. The Morgan fingerprint density at radius 2 is 1.93 bits per heavy atom. The number of benzene rings is 2. The van der Waals surface area contributed by atoms with Gasteiger partial charge in [-0.3, -0.25) is 15.0 Å². The zero-order valence-electron chi connectivity index (χ0n) is 16.2. The average molecular weight is 416 g/mol. The van der Waals surface area contributed by atoms with E-state index in [0.29, 0.717) is 28.6 Å². The number of ether oxygens (including phenoxy) is 1. The molecule has 8 heteroatoms. The lowest BCUT2D eigenvalue weighted by atomic mass is 9.93. The Bertz CT molecular complexity index is 935. The number of carbonyl (C=O) groups is 3. The van der Waals surface area contributed by atoms with E-state index < -0.39 is 23.4 Å². The average Bonchev–Trinajstić information content (AvgIpc) is 2.91. The van der Waals surface area contributed by atoms with Gasteiger partial charge in [0.2, 0.25) is 0 Å². The zero-order valence-corrected chi connectivity index (χ0v) is 17.0. The van der Waals surface area contributed by atoms with Crippen LogP contribution in [0.5, 0.6) is 5.75 Å². The van der Waals surface area contributed by atoms with Crippen molar-refractivity contribution in [2.24, 2.45) is 0 Å². The van der Waals surface area contributed by atoms with Gasteiger partial charge < -0.3 is 10.1 Å². The summed E-state index contributed by atoms with van der Waals surface area (Å²) in [6.07, 6.45) is 1.03. The van der Waals surface area contributed by atoms with Gasteiger partial charge in [-0.05, 0) is 56.0 Å². The van der Waals surface area contributed by atoms with Crippen molar-refractivity contribution in [1.29, 1.82) is 0 Å². The molecular weight excluding hydrogens is 394 g/mol. The topological polar surface area (TPSA) is 87.7 Å². The van der Waals surface area contributed by atoms with Crippen LogP contribution in [0, 0.1) is 6.92 Å². The molecule has 2 aromatic carbocycles. The van der Waals surface area contributed by atoms with E-state index in [1.165, 1.54) is 0 Å². The number of carbonyl (C=O) groups excluding carboxylic acids is 3. The first-order valence-electron chi connectivity index (χ1n) is 9.17. The zero-order chi connectivity index (χ0) is 21.0. The number of aryl methyl sites for hydroxylation is 2. The summed E-state index contributed by atoms with van der Waals surface area (Å²) >= 11 is 5.96. The summed E-state index contributed by atoms with van der Waals surface area (Å²) in [4.78, 5) is 37.1. The highest BCUT2D eigenvalue weighted by Gasteiger charge is 2.48. The third-order valence-electron chi connectivity index (χ3n) is 4.75. The van der Waals surface area contributed by atoms with Gasteiger partial charge in [0, 0.05) is 5.02 Å². The van der Waals surface area contributed by atoms with E-state index in [2.05, 4.69) is 10.7 Å². The Hall–Kier alpha value is -3.06. The SMILES string of the molecule is Cc1cc(OCC(=O)NN2C(=O)NC(C)(CCc3ccccc3)C2=O)ccc1Cl. The van der Waals surface area contributed by atoms with E-state index >= 15 is 0 Å². The van der Waals surface area contributed by atoms with Gasteiger partial charge in [-0.2, -0.15) is 5.01 Å². The van der Waals surface area contributed by atoms with E-state index in [1.54, 1.807) is 25.1 Å². The number of rotatable bonds is 7. The lowest BCUT2D eigenvalue weighted by molar-refractivity contribution is -0.139. The second-order valence-electron chi connectivity index (χ2n) is 7.12. The highest BCUT2D eigenvalue weighted by molar-refractivity contribution is 6.31. The fourth-order valence-electron chi connectivity index (χ4n) is 3.01. The maximum absolute atomic E-state index is 12.7. The summed E-state index contributed by atoms with van der Waals surface area (Å²) < 4.78 is 5.40. The van der Waals surface area contributed by atoms with Crippen molar-refractivity contribution in [3.63, 3.8) is 0 Å². The van der Waals surface area contributed by atoms with E-state index in [4.69, 9.17) is 16.3 Å². The van der Waals surface area contributed by atoms with E-state index in [9.17, 15) is 14.4 Å². The predicted octanol–water partition coefficient (Wildman–Crippen LogP) is 3.00. The molecule has 1 heterocycles. The lowest BCUT2D eigenvalue weighted by Crippen LogP contribution is -2.50. The first-order chi connectivity index (χ1) is 13.8. The molecule has 2 aromatic rings. The van der Waals surface area contributed by atoms with Crippen LogP contribution in [0.4, 0.5) is 4.79 Å². The molecule has 0 aromatic heterocycles. The maximum atomic E-state index is 12.7. The second-order valence-corrected chi connectivity index (χ2v) is 7.53. The van der Waals surface area contributed by atoms with Gasteiger partial charge >= 0.3 is 6.03 Å². The lowest BCUT2D eigenvalue weighted by Gasteiger charge is -2.21. The van der Waals surface area contributed by atoms with Crippen LogP contribution in [0.3, 0.4) is 0 Å². The third-order valence-corrected chi connectivity index (χ3v) is 5.18. The normalized spacial score (nSPS) is 18.5. The Morgan fingerprint density at radius 1 is 1.21 bits per heavy atom. The quantitative estimate of drug-likeness (QED) is 0.680. The predicted molar refractivity (Wildman–Crippen MR) is 108 cm³/mol. The van der Waals surface area contributed by atoms with E-state index in [0.717, 1.165) is 11.1 Å². The largest absolute Gasteiger partial charge is 0.484 e. The smallest absolute Gasteiger partial charge is 0.344 e. The summed E-state index contributed by atoms with van der Waals surface area (Å²) in [5.74, 6) is -0.658. The molecule has 29 heavy (non-hydrogen) atoms. The molecule has 1 aliphatic heterocycles. The van der Waals surface area contributed by atoms with Crippen molar-refractivity contribution in [3.8, 4) is 5.75 Å². The molecule has 2 N–H and O–H groups in total. The third kappa shape index (κ3) is 4.86. The summed E-state index contributed by atoms with van der Waals surface area (Å²) in [7, 11) is 0. The van der Waals surface area contributed by atoms with Crippen molar-refractivity contribution in [3.05, 3.63) is 64.7 Å². The number of urea groups is 1. The fraction of sp³-hybridized carbons (Fsp3) is 0.286. The molecular formula is C21H22ClN3O4. The van der Waals surface area contributed by atoms with Crippen molar-refractivity contribution in [2.75, 3.05) is 6.61 Å². The van der Waals surface area contributed by atoms with Crippen LogP contribution in [0.1, 0.15) is 24.5 Å². The van der Waals surface area contributed by atoms with Crippen molar-refractivity contribution in [1.82, 2.24) is 15.8 Å². The number of nitrogens with zero attached hydrogens (tertiary/aromatic N) is 1. The fourth-order valence-corrected chi connectivity index (χ4v) is 3.12. The van der Waals surface area contributed by atoms with Gasteiger partial charge in [0.05, 0.1) is 0 Å². The monoisotopic (exact) mass is 415 g/mol. The summed E-state index contributed by atoms with van der Waals surface area (Å²) in [5.41, 5.74) is 3.09. The first-order valence-corrected chi connectivity index (χ1v) is 9.55. The number of hydrogen-bond acceptors (Lipinski definition) is 4. The van der Waals surface area contributed by atoms with Gasteiger partial charge in [-0.25, -0.2) is 4.79 Å². The maximum Gasteiger partial charge on any atom is 0.344 e. The molecule has 0 bridgehead atoms. The summed E-state index contributed by atoms with van der Waals surface area (Å²) in [6, 6.07) is 14.0. The second kappa shape index (κ2) is 8.53. The van der Waals surface area contributed by atoms with Crippen molar-refractivity contribution in [2.45, 2.75) is 32.2 Å². The molecule has 7 nitrogen and oxygen atoms in total. The minimum atomic E-state index is -1.09. The molecule has 4 amide bonds. The number of nitrogens with one attached hydrogen (secondary N) is 2. The van der Waals surface area contributed by atoms with Crippen LogP contribution in [0.15, 0.2) is 48.5 Å². The van der Waals surface area contributed by atoms with Gasteiger partial charge in [0.1, 0.15) is 11.3 Å². The standard InChI is InChI=1S/C21H22ClN3O4/c1-14-12-16(8-9-17(14)22)29-13-18(26)24-25-19(27)21(2,23-20(25)28)11-10-15-6-4-3-5-7-15/h3-9,12H,10-11,13H2,1-2H3,(H,23,28)(H,24,26). The minimum Gasteiger partial charge on any atom is -0.484 e. The van der Waals surface area contributed by atoms with Gasteiger partial charge in [-0.15, -0.1) is 0 Å². The number of hydrazine groups is 1. The van der Waals surface area contributed by atoms with E-state index in [1.807, 2.05) is 37.3 Å². The highest BCUT2D eigenvalue weighted by atomic mass is 35.5. The number of hydrogen-bond donors (Lipinski definition) is 2. The summed E-state index contributed by atoms with van der Waals surface area (Å²) in [6.45, 7) is 3.12. The Labute approximate surface area is 173 Å². The molecule has 152 valence electrons. The van der Waals surface area contributed by atoms with Crippen LogP contribution in [-0.4, -0.2) is 35.0 Å². The number of amides is 4. The Kier molecular flexibility index (Phi) is 6.08. The Balaban J connectivity index is 1.56. The van der Waals surface area contributed by atoms with E-state index in [-0.39, 0.29) is 6.61 Å². The van der Waals surface area contributed by atoms with Crippen LogP contribution in [0.2, 0.25) is 5.02 Å². The minimum absolute atomic E-state index is 0.348. The van der Waals surface area contributed by atoms with Crippen molar-refractivity contribution >= 4 is 29.4 Å². The molecule has 3 rings (SSSR count). The van der Waals surface area contributed by atoms with Gasteiger partial charge in [0.25, 0.3) is 11.8 Å². The molecule has 1 atom stereocenters. The van der Waals surface area contributed by atoms with Crippen molar-refractivity contribution < 1.29 is 19.1 Å². The molecule has 1 unspecified atom stereocenters. The highest BCUT2D eigenvalue weighted by Crippen LogP contribution is 2.23. The van der Waals surface area contributed by atoms with Gasteiger partial charge in [-0.1, -0.05) is 41.9 Å². The van der Waals surface area contributed by atoms with Gasteiger partial charge in [0.15, 0.2) is 6.61 Å². The molecule has 0 spiro atoms. The van der Waals surface area contributed by atoms with Crippen LogP contribution >= 0.6 is 11.6 Å². The van der Waals surface area contributed by atoms with Crippen LogP contribution in [0.25, 0.3) is 0 Å². The number of halogens is 1. The molecule has 1 saturated heterocycles. The molecule has 1 aliphatic rings. The molecule has 0 radical (unpaired) electrons. The molecule has 0 saturated carbocycles. The number of imide groups is 1. The Morgan fingerprint density at radius 3 is 2.62 bits per heavy atom. The molecule has 0 aliphatic carbocycles. The van der Waals surface area contributed by atoms with Crippen LogP contribution < -0.4 is 15.5 Å². The van der Waals surface area contributed by atoms with Crippen LogP contribution in [-0.2, 0) is 16.0 Å². The first kappa shape index (κ1) is 20.7.